The smallest absolute Gasteiger partial charge is 0.238 e. The zero-order chi connectivity index (χ0) is 18.4. The summed E-state index contributed by atoms with van der Waals surface area (Å²) in [7, 11) is 1.94. The fourth-order valence-corrected chi connectivity index (χ4v) is 4.20. The normalized spacial score (nSPS) is 15.8. The van der Waals surface area contributed by atoms with E-state index in [1.54, 1.807) is 6.20 Å². The standard InChI is InChI=1S/C20H25N3OS/c1-13-9-16-15(3)11-20(4,5)23(17(16)10-14(13)2)18(24)12-25-19-21-7-8-22(19)6/h7-11H,12H2,1-6H3. The second-order valence-electron chi connectivity index (χ2n) is 7.27. The number of amides is 1. The van der Waals surface area contributed by atoms with Crippen LogP contribution in [0.25, 0.3) is 5.57 Å². The van der Waals surface area contributed by atoms with Gasteiger partial charge in [-0.15, -0.1) is 0 Å². The van der Waals surface area contributed by atoms with Gasteiger partial charge in [-0.1, -0.05) is 17.8 Å². The van der Waals surface area contributed by atoms with Crippen molar-refractivity contribution in [3.8, 4) is 0 Å². The number of carbonyl (C=O) groups is 1. The largest absolute Gasteiger partial charge is 0.329 e. The molecule has 132 valence electrons. The molecule has 0 saturated carbocycles. The third kappa shape index (κ3) is 3.25. The van der Waals surface area contributed by atoms with Gasteiger partial charge in [-0.3, -0.25) is 4.79 Å². The topological polar surface area (TPSA) is 38.1 Å². The van der Waals surface area contributed by atoms with E-state index in [4.69, 9.17) is 0 Å². The highest BCUT2D eigenvalue weighted by Crippen LogP contribution is 2.40. The Balaban J connectivity index is 1.95. The molecular weight excluding hydrogens is 330 g/mol. The maximum atomic E-state index is 13.1. The average molecular weight is 356 g/mol. The molecule has 0 radical (unpaired) electrons. The van der Waals surface area contributed by atoms with Crippen LogP contribution in [0.2, 0.25) is 0 Å². The molecule has 1 aromatic heterocycles. The Morgan fingerprint density at radius 2 is 1.88 bits per heavy atom. The predicted molar refractivity (Wildman–Crippen MR) is 105 cm³/mol. The van der Waals surface area contributed by atoms with Crippen molar-refractivity contribution in [3.05, 3.63) is 47.3 Å². The van der Waals surface area contributed by atoms with Crippen molar-refractivity contribution in [2.24, 2.45) is 7.05 Å². The van der Waals surface area contributed by atoms with Gasteiger partial charge < -0.3 is 9.47 Å². The van der Waals surface area contributed by atoms with Gasteiger partial charge in [-0.25, -0.2) is 4.98 Å². The fourth-order valence-electron chi connectivity index (χ4n) is 3.42. The molecule has 4 nitrogen and oxygen atoms in total. The zero-order valence-corrected chi connectivity index (χ0v) is 16.6. The van der Waals surface area contributed by atoms with E-state index in [0.29, 0.717) is 5.75 Å². The first-order chi connectivity index (χ1) is 11.7. The molecule has 0 aliphatic carbocycles. The lowest BCUT2D eigenvalue weighted by Gasteiger charge is -2.42. The number of hydrogen-bond acceptors (Lipinski definition) is 3. The van der Waals surface area contributed by atoms with Crippen LogP contribution in [0, 0.1) is 13.8 Å². The van der Waals surface area contributed by atoms with Crippen LogP contribution in [-0.4, -0.2) is 26.8 Å². The van der Waals surface area contributed by atoms with Crippen molar-refractivity contribution >= 4 is 28.9 Å². The minimum atomic E-state index is -0.349. The molecule has 0 spiro atoms. The molecule has 0 N–H and O–H groups in total. The van der Waals surface area contributed by atoms with Gasteiger partial charge in [-0.05, 0) is 63.5 Å². The molecule has 1 aromatic carbocycles. The average Bonchev–Trinajstić information content (AvgIpc) is 2.92. The predicted octanol–water partition coefficient (Wildman–Crippen LogP) is 4.36. The van der Waals surface area contributed by atoms with Crippen molar-refractivity contribution < 1.29 is 4.79 Å². The minimum absolute atomic E-state index is 0.103. The van der Waals surface area contributed by atoms with E-state index in [9.17, 15) is 4.79 Å². The van der Waals surface area contributed by atoms with Crippen molar-refractivity contribution in [1.82, 2.24) is 9.55 Å². The van der Waals surface area contributed by atoms with E-state index in [0.717, 1.165) is 16.4 Å². The van der Waals surface area contributed by atoms with Crippen LogP contribution in [0.15, 0.2) is 35.8 Å². The molecule has 2 aromatic rings. The molecule has 3 rings (SSSR count). The first-order valence-corrected chi connectivity index (χ1v) is 9.43. The highest BCUT2D eigenvalue weighted by Gasteiger charge is 2.35. The first kappa shape index (κ1) is 17.8. The number of anilines is 1. The van der Waals surface area contributed by atoms with Crippen molar-refractivity contribution in [2.75, 3.05) is 10.7 Å². The van der Waals surface area contributed by atoms with Gasteiger partial charge in [0.05, 0.1) is 17.0 Å². The Morgan fingerprint density at radius 1 is 1.20 bits per heavy atom. The maximum Gasteiger partial charge on any atom is 0.238 e. The van der Waals surface area contributed by atoms with Crippen LogP contribution in [0.5, 0.6) is 0 Å². The van der Waals surface area contributed by atoms with E-state index < -0.39 is 0 Å². The summed E-state index contributed by atoms with van der Waals surface area (Å²) < 4.78 is 1.94. The molecule has 1 amide bonds. The van der Waals surface area contributed by atoms with Crippen LogP contribution in [-0.2, 0) is 11.8 Å². The van der Waals surface area contributed by atoms with E-state index in [2.05, 4.69) is 57.8 Å². The number of carbonyl (C=O) groups excluding carboxylic acids is 1. The first-order valence-electron chi connectivity index (χ1n) is 8.45. The summed E-state index contributed by atoms with van der Waals surface area (Å²) in [6.45, 7) is 10.5. The van der Waals surface area contributed by atoms with E-state index in [1.807, 2.05) is 22.7 Å². The zero-order valence-electron chi connectivity index (χ0n) is 15.8. The Hall–Kier alpha value is -2.01. The van der Waals surface area contributed by atoms with Gasteiger partial charge >= 0.3 is 0 Å². The summed E-state index contributed by atoms with van der Waals surface area (Å²) in [5.41, 5.74) is 5.50. The van der Waals surface area contributed by atoms with Crippen LogP contribution in [0.4, 0.5) is 5.69 Å². The van der Waals surface area contributed by atoms with Crippen LogP contribution in [0.1, 0.15) is 37.5 Å². The quantitative estimate of drug-likeness (QED) is 0.768. The third-order valence-corrected chi connectivity index (χ3v) is 5.82. The van der Waals surface area contributed by atoms with Gasteiger partial charge in [0.2, 0.25) is 5.91 Å². The summed E-state index contributed by atoms with van der Waals surface area (Å²) in [6.07, 6.45) is 5.84. The van der Waals surface area contributed by atoms with Crippen molar-refractivity contribution in [2.45, 2.75) is 45.3 Å². The minimum Gasteiger partial charge on any atom is -0.329 e. The van der Waals surface area contributed by atoms with Gasteiger partial charge in [0.1, 0.15) is 0 Å². The SMILES string of the molecule is CC1=CC(C)(C)N(C(=O)CSc2nccn2C)c2cc(C)c(C)cc21. The number of hydrogen-bond donors (Lipinski definition) is 0. The number of aromatic nitrogens is 2. The molecule has 0 fully saturated rings. The van der Waals surface area contributed by atoms with Crippen molar-refractivity contribution in [1.29, 1.82) is 0 Å². The third-order valence-electron chi connectivity index (χ3n) is 4.77. The summed E-state index contributed by atoms with van der Waals surface area (Å²) in [4.78, 5) is 19.4. The van der Waals surface area contributed by atoms with Gasteiger partial charge in [-0.2, -0.15) is 0 Å². The molecular formula is C20H25N3OS. The number of thioether (sulfide) groups is 1. The monoisotopic (exact) mass is 355 g/mol. The lowest BCUT2D eigenvalue weighted by atomic mass is 9.87. The van der Waals surface area contributed by atoms with Gasteiger partial charge in [0.15, 0.2) is 5.16 Å². The molecule has 5 heteroatoms. The second kappa shape index (κ2) is 6.37. The van der Waals surface area contributed by atoms with Crippen LogP contribution in [0.3, 0.4) is 0 Å². The number of allylic oxidation sites excluding steroid dienone is 1. The molecule has 0 unspecified atom stereocenters. The highest BCUT2D eigenvalue weighted by atomic mass is 32.2. The maximum absolute atomic E-state index is 13.1. The van der Waals surface area contributed by atoms with Crippen LogP contribution >= 0.6 is 11.8 Å². The van der Waals surface area contributed by atoms with E-state index >= 15 is 0 Å². The highest BCUT2D eigenvalue weighted by molar-refractivity contribution is 7.99. The Labute approximate surface area is 153 Å². The van der Waals surface area contributed by atoms with Crippen molar-refractivity contribution in [3.63, 3.8) is 0 Å². The van der Waals surface area contributed by atoms with E-state index in [-0.39, 0.29) is 11.4 Å². The molecule has 2 heterocycles. The Bertz CT molecular complexity index is 864. The fraction of sp³-hybridized carbons (Fsp3) is 0.400. The molecule has 25 heavy (non-hydrogen) atoms. The number of fused-ring (bicyclic) bond motifs is 1. The molecule has 1 aliphatic heterocycles. The van der Waals surface area contributed by atoms with Gasteiger partial charge in [0.25, 0.3) is 0 Å². The number of nitrogens with zero attached hydrogens (tertiary/aromatic N) is 3. The van der Waals surface area contributed by atoms with E-state index in [1.165, 1.54) is 28.5 Å². The lowest BCUT2D eigenvalue weighted by Crippen LogP contribution is -2.49. The summed E-state index contributed by atoms with van der Waals surface area (Å²) in [5.74, 6) is 0.472. The lowest BCUT2D eigenvalue weighted by molar-refractivity contribution is -0.116. The number of aryl methyl sites for hydroxylation is 3. The summed E-state index contributed by atoms with van der Waals surface area (Å²) in [6, 6.07) is 4.34. The molecule has 1 aliphatic rings. The van der Waals surface area contributed by atoms with Gasteiger partial charge in [0, 0.05) is 25.0 Å². The summed E-state index contributed by atoms with van der Waals surface area (Å²) >= 11 is 1.48. The number of imidazole rings is 1. The number of rotatable bonds is 3. The van der Waals surface area contributed by atoms with Crippen LogP contribution < -0.4 is 4.90 Å². The molecule has 0 bridgehead atoms. The molecule has 0 saturated heterocycles. The number of benzene rings is 1. The second-order valence-corrected chi connectivity index (χ2v) is 8.22. The Morgan fingerprint density at radius 3 is 2.52 bits per heavy atom. The Kier molecular flexibility index (Phi) is 4.54. The molecule has 0 atom stereocenters. The summed E-state index contributed by atoms with van der Waals surface area (Å²) in [5, 5.41) is 0.857.